The van der Waals surface area contributed by atoms with Crippen molar-refractivity contribution < 1.29 is 36.3 Å². The standard InChI is InChI=1S/C24H27F5N4O3/c1-5-32(6-2)22(35)15-8-9-19(20(26)12-15)14(4)30-23(36)33(7-3)31-21(34)16-10-17(24(27,28)29)13-18(25)11-16/h8-14H,5-7H2,1-4H3,(H,30,36)(H,31,34). The van der Waals surface area contributed by atoms with Gasteiger partial charge in [-0.3, -0.25) is 15.0 Å². The Morgan fingerprint density at radius 3 is 2.08 bits per heavy atom. The van der Waals surface area contributed by atoms with Gasteiger partial charge in [0.15, 0.2) is 0 Å². The molecule has 0 radical (unpaired) electrons. The van der Waals surface area contributed by atoms with Gasteiger partial charge in [-0.2, -0.15) is 13.2 Å². The summed E-state index contributed by atoms with van der Waals surface area (Å²) in [6, 6.07) is 3.40. The minimum atomic E-state index is -4.87. The quantitative estimate of drug-likeness (QED) is 0.407. The molecule has 0 bridgehead atoms. The number of hydrazine groups is 1. The number of alkyl halides is 3. The van der Waals surface area contributed by atoms with Crippen LogP contribution in [-0.4, -0.2) is 47.4 Å². The maximum absolute atomic E-state index is 14.7. The number of halogens is 5. The summed E-state index contributed by atoms with van der Waals surface area (Å²) >= 11 is 0. The molecule has 4 amide bonds. The highest BCUT2D eigenvalue weighted by molar-refractivity contribution is 5.95. The van der Waals surface area contributed by atoms with E-state index in [4.69, 9.17) is 0 Å². The fourth-order valence-corrected chi connectivity index (χ4v) is 3.39. The van der Waals surface area contributed by atoms with Crippen LogP contribution in [-0.2, 0) is 6.18 Å². The molecule has 0 aliphatic rings. The third kappa shape index (κ3) is 6.92. The summed E-state index contributed by atoms with van der Waals surface area (Å²) in [4.78, 5) is 39.0. The van der Waals surface area contributed by atoms with Gasteiger partial charge in [0.2, 0.25) is 0 Å². The molecule has 0 aliphatic heterocycles. The van der Waals surface area contributed by atoms with Crippen molar-refractivity contribution in [2.24, 2.45) is 0 Å². The zero-order valence-corrected chi connectivity index (χ0v) is 20.2. The van der Waals surface area contributed by atoms with Crippen molar-refractivity contribution in [2.45, 2.75) is 39.9 Å². The molecule has 2 aromatic carbocycles. The monoisotopic (exact) mass is 514 g/mol. The maximum atomic E-state index is 14.7. The van der Waals surface area contributed by atoms with E-state index in [9.17, 15) is 36.3 Å². The molecule has 2 N–H and O–H groups in total. The number of carbonyl (C=O) groups excluding carboxylic acids is 3. The number of carbonyl (C=O) groups is 3. The molecule has 0 saturated heterocycles. The van der Waals surface area contributed by atoms with Crippen LogP contribution < -0.4 is 10.7 Å². The predicted molar refractivity (Wildman–Crippen MR) is 122 cm³/mol. The fourth-order valence-electron chi connectivity index (χ4n) is 3.39. The molecule has 0 saturated carbocycles. The Morgan fingerprint density at radius 1 is 0.917 bits per heavy atom. The number of rotatable bonds is 7. The summed E-state index contributed by atoms with van der Waals surface area (Å²) in [7, 11) is 0. The molecule has 2 rings (SSSR count). The van der Waals surface area contributed by atoms with Crippen LogP contribution in [0.1, 0.15) is 65.6 Å². The SMILES string of the molecule is CCN(CC)C(=O)c1ccc(C(C)NC(=O)N(CC)NC(=O)c2cc(F)cc(C(F)(F)F)c2)c(F)c1. The Bertz CT molecular complexity index is 1120. The van der Waals surface area contributed by atoms with Gasteiger partial charge in [0.05, 0.1) is 11.6 Å². The maximum Gasteiger partial charge on any atom is 0.416 e. The van der Waals surface area contributed by atoms with Crippen molar-refractivity contribution in [2.75, 3.05) is 19.6 Å². The van der Waals surface area contributed by atoms with E-state index < -0.39 is 46.9 Å². The van der Waals surface area contributed by atoms with Crippen molar-refractivity contribution >= 4 is 17.8 Å². The molecule has 0 heterocycles. The zero-order chi connectivity index (χ0) is 27.2. The number of hydrogen-bond donors (Lipinski definition) is 2. The van der Waals surface area contributed by atoms with Crippen LogP contribution in [0.3, 0.4) is 0 Å². The van der Waals surface area contributed by atoms with E-state index in [1.165, 1.54) is 30.9 Å². The van der Waals surface area contributed by atoms with E-state index in [1.54, 1.807) is 13.8 Å². The lowest BCUT2D eigenvalue weighted by Gasteiger charge is -2.25. The molecule has 1 unspecified atom stereocenters. The third-order valence-corrected chi connectivity index (χ3v) is 5.39. The number of benzene rings is 2. The summed E-state index contributed by atoms with van der Waals surface area (Å²) < 4.78 is 67.1. The van der Waals surface area contributed by atoms with Gasteiger partial charge in [0, 0.05) is 36.3 Å². The molecule has 0 fully saturated rings. The summed E-state index contributed by atoms with van der Waals surface area (Å²) in [6.45, 7) is 7.35. The molecule has 36 heavy (non-hydrogen) atoms. The van der Waals surface area contributed by atoms with E-state index in [-0.39, 0.29) is 29.6 Å². The zero-order valence-electron chi connectivity index (χ0n) is 20.2. The predicted octanol–water partition coefficient (Wildman–Crippen LogP) is 4.90. The summed E-state index contributed by atoms with van der Waals surface area (Å²) in [5.41, 5.74) is 0.340. The second-order valence-corrected chi connectivity index (χ2v) is 7.80. The van der Waals surface area contributed by atoms with Crippen molar-refractivity contribution in [3.05, 3.63) is 70.3 Å². The molecule has 196 valence electrons. The summed E-state index contributed by atoms with van der Waals surface area (Å²) in [5, 5.41) is 3.23. The lowest BCUT2D eigenvalue weighted by Crippen LogP contribution is -2.51. The van der Waals surface area contributed by atoms with Gasteiger partial charge >= 0.3 is 12.2 Å². The average Bonchev–Trinajstić information content (AvgIpc) is 2.81. The lowest BCUT2D eigenvalue weighted by atomic mass is 10.0. The van der Waals surface area contributed by atoms with E-state index in [1.807, 2.05) is 0 Å². The smallest absolute Gasteiger partial charge is 0.339 e. The molecular weight excluding hydrogens is 487 g/mol. The van der Waals surface area contributed by atoms with Gasteiger partial charge in [0.25, 0.3) is 11.8 Å². The highest BCUT2D eigenvalue weighted by Crippen LogP contribution is 2.30. The molecular formula is C24H27F5N4O3. The van der Waals surface area contributed by atoms with Crippen LogP contribution in [0.25, 0.3) is 0 Å². The van der Waals surface area contributed by atoms with Crippen molar-refractivity contribution in [1.29, 1.82) is 0 Å². The first-order valence-corrected chi connectivity index (χ1v) is 11.2. The van der Waals surface area contributed by atoms with Gasteiger partial charge in [-0.25, -0.2) is 18.6 Å². The van der Waals surface area contributed by atoms with Crippen LogP contribution in [0.2, 0.25) is 0 Å². The number of amides is 4. The van der Waals surface area contributed by atoms with E-state index >= 15 is 0 Å². The number of nitrogens with zero attached hydrogens (tertiary/aromatic N) is 2. The van der Waals surface area contributed by atoms with Crippen molar-refractivity contribution in [3.63, 3.8) is 0 Å². The van der Waals surface area contributed by atoms with E-state index in [0.717, 1.165) is 11.1 Å². The van der Waals surface area contributed by atoms with Gasteiger partial charge in [-0.05, 0) is 58.0 Å². The van der Waals surface area contributed by atoms with Crippen LogP contribution in [0.15, 0.2) is 36.4 Å². The van der Waals surface area contributed by atoms with Crippen LogP contribution in [0, 0.1) is 11.6 Å². The van der Waals surface area contributed by atoms with Gasteiger partial charge < -0.3 is 10.2 Å². The molecule has 2 aromatic rings. The molecule has 1 atom stereocenters. The van der Waals surface area contributed by atoms with E-state index in [2.05, 4.69) is 10.7 Å². The lowest BCUT2D eigenvalue weighted by molar-refractivity contribution is -0.137. The normalized spacial score (nSPS) is 12.0. The summed E-state index contributed by atoms with van der Waals surface area (Å²) in [5.74, 6) is -3.48. The first kappa shape index (κ1) is 28.5. The first-order chi connectivity index (χ1) is 16.8. The van der Waals surface area contributed by atoms with Crippen LogP contribution >= 0.6 is 0 Å². The topological polar surface area (TPSA) is 81.8 Å². The first-order valence-electron chi connectivity index (χ1n) is 11.2. The number of urea groups is 1. The Kier molecular flexibility index (Phi) is 9.37. The molecule has 0 aliphatic carbocycles. The van der Waals surface area contributed by atoms with Crippen molar-refractivity contribution in [1.82, 2.24) is 20.7 Å². The Morgan fingerprint density at radius 2 is 1.56 bits per heavy atom. The number of hydrogen-bond acceptors (Lipinski definition) is 3. The Labute approximate surface area is 205 Å². The highest BCUT2D eigenvalue weighted by Gasteiger charge is 2.32. The number of nitrogens with one attached hydrogen (secondary N) is 2. The third-order valence-electron chi connectivity index (χ3n) is 5.39. The van der Waals surface area contributed by atoms with E-state index in [0.29, 0.717) is 25.2 Å². The summed E-state index contributed by atoms with van der Waals surface area (Å²) in [6.07, 6.45) is -4.87. The van der Waals surface area contributed by atoms with Gasteiger partial charge in [-0.15, -0.1) is 0 Å². The fraction of sp³-hybridized carbons (Fsp3) is 0.375. The largest absolute Gasteiger partial charge is 0.416 e. The minimum Gasteiger partial charge on any atom is -0.339 e. The van der Waals surface area contributed by atoms with Gasteiger partial charge in [0.1, 0.15) is 11.6 Å². The Balaban J connectivity index is 2.14. The highest BCUT2D eigenvalue weighted by atomic mass is 19.4. The van der Waals surface area contributed by atoms with Gasteiger partial charge in [-0.1, -0.05) is 6.07 Å². The molecule has 12 heteroatoms. The van der Waals surface area contributed by atoms with Crippen LogP contribution in [0.4, 0.5) is 26.7 Å². The average molecular weight is 514 g/mol. The molecule has 0 aromatic heterocycles. The van der Waals surface area contributed by atoms with Crippen LogP contribution in [0.5, 0.6) is 0 Å². The molecule has 7 nitrogen and oxygen atoms in total. The molecule has 0 spiro atoms. The second-order valence-electron chi connectivity index (χ2n) is 7.80. The Hall–Kier alpha value is -3.70. The minimum absolute atomic E-state index is 0.0711. The van der Waals surface area contributed by atoms with Crippen molar-refractivity contribution in [3.8, 4) is 0 Å². The second kappa shape index (κ2) is 11.8.